The van der Waals surface area contributed by atoms with Crippen LogP contribution < -0.4 is 5.32 Å². The molecule has 78 valence electrons. The van der Waals surface area contributed by atoms with Gasteiger partial charge in [-0.25, -0.2) is 0 Å². The van der Waals surface area contributed by atoms with Crippen molar-refractivity contribution >= 4 is 0 Å². The molecule has 0 aromatic rings. The molecule has 2 heteroatoms. The van der Waals surface area contributed by atoms with Gasteiger partial charge in [0.05, 0.1) is 6.07 Å². The predicted molar refractivity (Wildman–Crippen MR) is 56.8 cm³/mol. The first-order valence-corrected chi connectivity index (χ1v) is 6.01. The third-order valence-electron chi connectivity index (χ3n) is 3.56. The van der Waals surface area contributed by atoms with E-state index in [4.69, 9.17) is 5.26 Å². The monoisotopic (exact) mass is 192 g/mol. The van der Waals surface area contributed by atoms with Crippen molar-refractivity contribution in [3.63, 3.8) is 0 Å². The fourth-order valence-corrected chi connectivity index (χ4v) is 2.47. The van der Waals surface area contributed by atoms with Crippen LogP contribution in [0, 0.1) is 17.2 Å². The van der Waals surface area contributed by atoms with Crippen LogP contribution in [0.2, 0.25) is 0 Å². The molecule has 2 saturated carbocycles. The summed E-state index contributed by atoms with van der Waals surface area (Å²) in [6.07, 6.45) is 10.0. The lowest BCUT2D eigenvalue weighted by atomic mass is 9.83. The van der Waals surface area contributed by atoms with Crippen LogP contribution in [-0.2, 0) is 0 Å². The first-order valence-electron chi connectivity index (χ1n) is 6.01. The van der Waals surface area contributed by atoms with Gasteiger partial charge in [0.25, 0.3) is 0 Å². The van der Waals surface area contributed by atoms with Crippen LogP contribution in [-0.4, -0.2) is 12.1 Å². The highest BCUT2D eigenvalue weighted by atomic mass is 15.0. The van der Waals surface area contributed by atoms with Crippen LogP contribution in [0.15, 0.2) is 0 Å². The van der Waals surface area contributed by atoms with Crippen LogP contribution in [0.4, 0.5) is 0 Å². The Morgan fingerprint density at radius 3 is 2.07 bits per heavy atom. The first-order chi connectivity index (χ1) is 6.88. The molecule has 0 spiro atoms. The van der Waals surface area contributed by atoms with Crippen molar-refractivity contribution < 1.29 is 0 Å². The summed E-state index contributed by atoms with van der Waals surface area (Å²) >= 11 is 0. The molecule has 0 aromatic heterocycles. The van der Waals surface area contributed by atoms with E-state index in [9.17, 15) is 0 Å². The molecule has 0 aromatic carbocycles. The number of rotatable bonds is 4. The summed E-state index contributed by atoms with van der Waals surface area (Å²) in [5.74, 6) is 0.840. The Labute approximate surface area is 86.7 Å². The molecule has 1 N–H and O–H groups in total. The molecule has 0 radical (unpaired) electrons. The zero-order valence-electron chi connectivity index (χ0n) is 8.84. The highest BCUT2D eigenvalue weighted by Crippen LogP contribution is 2.30. The Bertz CT molecular complexity index is 207. The lowest BCUT2D eigenvalue weighted by Gasteiger charge is -2.28. The maximum absolute atomic E-state index is 8.51. The normalized spacial score (nSPS) is 32.5. The molecule has 0 heterocycles. The van der Waals surface area contributed by atoms with Crippen LogP contribution in [0.5, 0.6) is 0 Å². The second kappa shape index (κ2) is 4.79. The summed E-state index contributed by atoms with van der Waals surface area (Å²) in [7, 11) is 0. The third kappa shape index (κ3) is 2.99. The smallest absolute Gasteiger partial charge is 0.0621 e. The maximum atomic E-state index is 8.51. The number of hydrogen-bond acceptors (Lipinski definition) is 2. The molecule has 0 atom stereocenters. The molecule has 2 fully saturated rings. The largest absolute Gasteiger partial charge is 0.311 e. The fourth-order valence-electron chi connectivity index (χ4n) is 2.47. The highest BCUT2D eigenvalue weighted by Gasteiger charge is 2.27. The van der Waals surface area contributed by atoms with Crippen molar-refractivity contribution in [2.24, 2.45) is 5.92 Å². The number of nitrogens with zero attached hydrogens (tertiary/aromatic N) is 1. The molecule has 2 nitrogen and oxygen atoms in total. The Hall–Kier alpha value is -0.550. The summed E-state index contributed by atoms with van der Waals surface area (Å²) in [6.45, 7) is 0. The lowest BCUT2D eigenvalue weighted by Crippen LogP contribution is -2.34. The van der Waals surface area contributed by atoms with E-state index in [2.05, 4.69) is 11.4 Å². The molecule has 0 aliphatic heterocycles. The molecule has 0 bridgehead atoms. The van der Waals surface area contributed by atoms with Crippen LogP contribution in [0.1, 0.15) is 51.4 Å². The zero-order valence-corrected chi connectivity index (χ0v) is 8.84. The van der Waals surface area contributed by atoms with Gasteiger partial charge in [0.2, 0.25) is 0 Å². The van der Waals surface area contributed by atoms with E-state index in [0.717, 1.165) is 30.8 Å². The molecule has 2 aliphatic rings. The third-order valence-corrected chi connectivity index (χ3v) is 3.56. The molecular weight excluding hydrogens is 172 g/mol. The van der Waals surface area contributed by atoms with E-state index in [0.29, 0.717) is 0 Å². The van der Waals surface area contributed by atoms with E-state index in [1.165, 1.54) is 38.5 Å². The van der Waals surface area contributed by atoms with Crippen molar-refractivity contribution in [1.29, 1.82) is 5.26 Å². The first kappa shape index (κ1) is 9.98. The molecule has 0 amide bonds. The number of hydrogen-bond donors (Lipinski definition) is 1. The minimum atomic E-state index is 0.755. The average Bonchev–Trinajstić information content (AvgIpc) is 3.01. The van der Waals surface area contributed by atoms with E-state index in [1.807, 2.05) is 0 Å². The van der Waals surface area contributed by atoms with Gasteiger partial charge in [-0.1, -0.05) is 0 Å². The standard InChI is InChI=1S/C12H20N2/c13-9-1-2-10-3-5-11(6-4-10)14-12-7-8-12/h10-12,14H,1-8H2. The van der Waals surface area contributed by atoms with Gasteiger partial charge in [-0.3, -0.25) is 0 Å². The minimum Gasteiger partial charge on any atom is -0.311 e. The summed E-state index contributed by atoms with van der Waals surface area (Å²) in [5, 5.41) is 12.2. The van der Waals surface area contributed by atoms with Gasteiger partial charge in [-0.2, -0.15) is 5.26 Å². The minimum absolute atomic E-state index is 0.755. The summed E-state index contributed by atoms with van der Waals surface area (Å²) in [4.78, 5) is 0. The molecule has 2 rings (SSSR count). The molecule has 14 heavy (non-hydrogen) atoms. The zero-order chi connectivity index (χ0) is 9.80. The van der Waals surface area contributed by atoms with Gasteiger partial charge in [-0.05, 0) is 50.9 Å². The molecular formula is C12H20N2. The Morgan fingerprint density at radius 1 is 1.00 bits per heavy atom. The summed E-state index contributed by atoms with van der Waals surface area (Å²) < 4.78 is 0. The van der Waals surface area contributed by atoms with Gasteiger partial charge in [0, 0.05) is 18.5 Å². The number of nitriles is 1. The van der Waals surface area contributed by atoms with Gasteiger partial charge in [0.1, 0.15) is 0 Å². The topological polar surface area (TPSA) is 35.8 Å². The van der Waals surface area contributed by atoms with Crippen molar-refractivity contribution in [2.75, 3.05) is 0 Å². The van der Waals surface area contributed by atoms with Crippen LogP contribution >= 0.6 is 0 Å². The van der Waals surface area contributed by atoms with Crippen molar-refractivity contribution in [3.8, 4) is 6.07 Å². The molecule has 0 unspecified atom stereocenters. The van der Waals surface area contributed by atoms with Gasteiger partial charge >= 0.3 is 0 Å². The van der Waals surface area contributed by atoms with Crippen molar-refractivity contribution in [1.82, 2.24) is 5.32 Å². The van der Waals surface area contributed by atoms with E-state index in [-0.39, 0.29) is 0 Å². The van der Waals surface area contributed by atoms with E-state index >= 15 is 0 Å². The lowest BCUT2D eigenvalue weighted by molar-refractivity contribution is 0.280. The van der Waals surface area contributed by atoms with Crippen LogP contribution in [0.25, 0.3) is 0 Å². The fraction of sp³-hybridized carbons (Fsp3) is 0.917. The van der Waals surface area contributed by atoms with Gasteiger partial charge in [0.15, 0.2) is 0 Å². The molecule has 2 aliphatic carbocycles. The summed E-state index contributed by atoms with van der Waals surface area (Å²) in [5.41, 5.74) is 0. The van der Waals surface area contributed by atoms with Crippen molar-refractivity contribution in [2.45, 2.75) is 63.5 Å². The molecule has 0 saturated heterocycles. The highest BCUT2D eigenvalue weighted by molar-refractivity contribution is 4.87. The van der Waals surface area contributed by atoms with E-state index < -0.39 is 0 Å². The Morgan fingerprint density at radius 2 is 1.57 bits per heavy atom. The predicted octanol–water partition coefficient (Wildman–Crippen LogP) is 2.60. The Kier molecular flexibility index (Phi) is 3.42. The second-order valence-corrected chi connectivity index (χ2v) is 4.86. The second-order valence-electron chi connectivity index (χ2n) is 4.86. The maximum Gasteiger partial charge on any atom is 0.0621 e. The van der Waals surface area contributed by atoms with E-state index in [1.54, 1.807) is 0 Å². The number of nitrogens with one attached hydrogen (secondary N) is 1. The van der Waals surface area contributed by atoms with Gasteiger partial charge in [-0.15, -0.1) is 0 Å². The SMILES string of the molecule is N#CCCC1CCC(NC2CC2)CC1. The average molecular weight is 192 g/mol. The van der Waals surface area contributed by atoms with Crippen molar-refractivity contribution in [3.05, 3.63) is 0 Å². The van der Waals surface area contributed by atoms with Gasteiger partial charge < -0.3 is 5.32 Å². The Balaban J connectivity index is 1.61. The van der Waals surface area contributed by atoms with Crippen LogP contribution in [0.3, 0.4) is 0 Å². The quantitative estimate of drug-likeness (QED) is 0.743. The summed E-state index contributed by atoms with van der Waals surface area (Å²) in [6, 6.07) is 3.90.